The quantitative estimate of drug-likeness (QED) is 0.420. The third-order valence-corrected chi connectivity index (χ3v) is 7.41. The van der Waals surface area contributed by atoms with E-state index in [2.05, 4.69) is 4.83 Å². The second-order valence-electron chi connectivity index (χ2n) is 8.30. The van der Waals surface area contributed by atoms with Crippen LogP contribution in [0, 0.1) is 11.8 Å². The molecule has 1 saturated carbocycles. The Morgan fingerprint density at radius 3 is 2.45 bits per heavy atom. The van der Waals surface area contributed by atoms with Gasteiger partial charge >= 0.3 is 0 Å². The summed E-state index contributed by atoms with van der Waals surface area (Å²) in [6.45, 7) is 1.97. The lowest BCUT2D eigenvalue weighted by Gasteiger charge is -2.17. The van der Waals surface area contributed by atoms with Crippen LogP contribution in [-0.4, -0.2) is 38.9 Å². The Hall–Kier alpha value is -1.93. The molecule has 0 unspecified atom stereocenters. The number of hydrogen-bond acceptors (Lipinski definition) is 5. The molecule has 8 heteroatoms. The van der Waals surface area contributed by atoms with Gasteiger partial charge in [0.15, 0.2) is 5.78 Å². The van der Waals surface area contributed by atoms with E-state index in [1.165, 1.54) is 12.1 Å². The number of benzene rings is 2. The maximum Gasteiger partial charge on any atom is 0.253 e. The Morgan fingerprint density at radius 1 is 1.06 bits per heavy atom. The molecule has 31 heavy (non-hydrogen) atoms. The van der Waals surface area contributed by atoms with Crippen LogP contribution in [0.3, 0.4) is 0 Å². The SMILES string of the molecule is O=C(c1ccc(OCCC[C@@H]2CCN(NS(=O)(=O)c3ccc(Cl)cc3)C2)cc1)C1CC1. The van der Waals surface area contributed by atoms with Gasteiger partial charge in [0.1, 0.15) is 5.75 Å². The smallest absolute Gasteiger partial charge is 0.253 e. The third-order valence-electron chi connectivity index (χ3n) is 5.77. The molecule has 0 amide bonds. The van der Waals surface area contributed by atoms with Crippen LogP contribution in [0.1, 0.15) is 42.5 Å². The number of rotatable bonds is 10. The van der Waals surface area contributed by atoms with Crippen molar-refractivity contribution in [3.63, 3.8) is 0 Å². The van der Waals surface area contributed by atoms with Crippen molar-refractivity contribution >= 4 is 27.4 Å². The predicted molar refractivity (Wildman–Crippen MR) is 120 cm³/mol. The minimum absolute atomic E-state index is 0.207. The van der Waals surface area contributed by atoms with Crippen LogP contribution < -0.4 is 9.57 Å². The zero-order valence-electron chi connectivity index (χ0n) is 17.3. The van der Waals surface area contributed by atoms with Gasteiger partial charge in [0, 0.05) is 29.6 Å². The van der Waals surface area contributed by atoms with Gasteiger partial charge in [-0.15, -0.1) is 4.83 Å². The molecule has 1 N–H and O–H groups in total. The lowest BCUT2D eigenvalue weighted by atomic mass is 10.0. The molecule has 4 rings (SSSR count). The van der Waals surface area contributed by atoms with E-state index < -0.39 is 10.0 Å². The molecule has 2 aliphatic rings. The Kier molecular flexibility index (Phi) is 6.96. The van der Waals surface area contributed by atoms with Gasteiger partial charge in [-0.25, -0.2) is 13.4 Å². The lowest BCUT2D eigenvalue weighted by molar-refractivity contribution is 0.0967. The topological polar surface area (TPSA) is 75.7 Å². The van der Waals surface area contributed by atoms with Crippen molar-refractivity contribution in [3.05, 3.63) is 59.1 Å². The first kappa shape index (κ1) is 22.3. The molecule has 2 aromatic carbocycles. The number of ether oxygens (including phenoxy) is 1. The summed E-state index contributed by atoms with van der Waals surface area (Å²) in [4.78, 5) is 14.9. The summed E-state index contributed by atoms with van der Waals surface area (Å²) in [6, 6.07) is 13.6. The highest BCUT2D eigenvalue weighted by atomic mass is 35.5. The number of sulfonamides is 1. The largest absolute Gasteiger partial charge is 0.494 e. The summed E-state index contributed by atoms with van der Waals surface area (Å²) >= 11 is 5.83. The summed E-state index contributed by atoms with van der Waals surface area (Å²) in [5, 5.41) is 2.27. The highest BCUT2D eigenvalue weighted by molar-refractivity contribution is 7.89. The first-order valence-electron chi connectivity index (χ1n) is 10.7. The summed E-state index contributed by atoms with van der Waals surface area (Å²) in [5.41, 5.74) is 0.766. The highest BCUT2D eigenvalue weighted by Crippen LogP contribution is 2.33. The van der Waals surface area contributed by atoms with E-state index in [1.807, 2.05) is 24.3 Å². The summed E-state index contributed by atoms with van der Waals surface area (Å²) in [5.74, 6) is 1.67. The minimum Gasteiger partial charge on any atom is -0.494 e. The van der Waals surface area contributed by atoms with Crippen LogP contribution in [0.15, 0.2) is 53.4 Å². The molecule has 1 atom stereocenters. The van der Waals surface area contributed by atoms with Crippen molar-refractivity contribution in [1.82, 2.24) is 9.84 Å². The number of halogens is 1. The van der Waals surface area contributed by atoms with E-state index in [0.717, 1.165) is 43.4 Å². The van der Waals surface area contributed by atoms with E-state index in [1.54, 1.807) is 17.1 Å². The number of hydrogen-bond donors (Lipinski definition) is 1. The standard InChI is InChI=1S/C23H27ClN2O4S/c24-20-7-11-22(12-8-20)31(28,29)25-26-14-13-17(16-26)2-1-15-30-21-9-5-19(6-10-21)23(27)18-3-4-18/h5-12,17-18,25H,1-4,13-16H2/t17-/m1/s1. The number of Topliss-reactive ketones (excluding diaryl/α,β-unsaturated/α-hetero) is 1. The van der Waals surface area contributed by atoms with E-state index in [9.17, 15) is 13.2 Å². The normalized spacial score (nSPS) is 19.5. The molecule has 0 spiro atoms. The second kappa shape index (κ2) is 9.69. The molecule has 6 nitrogen and oxygen atoms in total. The Labute approximate surface area is 188 Å². The van der Waals surface area contributed by atoms with Crippen molar-refractivity contribution in [2.24, 2.45) is 11.8 Å². The second-order valence-corrected chi connectivity index (χ2v) is 10.4. The van der Waals surface area contributed by atoms with Gasteiger partial charge in [-0.3, -0.25) is 4.79 Å². The van der Waals surface area contributed by atoms with E-state index in [0.29, 0.717) is 30.6 Å². The number of hydrazine groups is 1. The van der Waals surface area contributed by atoms with Crippen LogP contribution in [0.2, 0.25) is 5.02 Å². The molecule has 0 bridgehead atoms. The number of nitrogens with one attached hydrogen (secondary N) is 1. The van der Waals surface area contributed by atoms with E-state index >= 15 is 0 Å². The summed E-state index contributed by atoms with van der Waals surface area (Å²) < 4.78 is 30.8. The highest BCUT2D eigenvalue weighted by Gasteiger charge is 2.30. The van der Waals surface area contributed by atoms with Gasteiger partial charge in [0.2, 0.25) is 0 Å². The van der Waals surface area contributed by atoms with Gasteiger partial charge in [0.05, 0.1) is 11.5 Å². The summed E-state index contributed by atoms with van der Waals surface area (Å²) in [7, 11) is -3.59. The Morgan fingerprint density at radius 2 is 1.77 bits per heavy atom. The molecular formula is C23H27ClN2O4S. The van der Waals surface area contributed by atoms with Gasteiger partial charge in [-0.05, 0) is 86.6 Å². The molecule has 1 aliphatic heterocycles. The number of carbonyl (C=O) groups excluding carboxylic acids is 1. The molecule has 0 aromatic heterocycles. The van der Waals surface area contributed by atoms with Crippen LogP contribution in [0.4, 0.5) is 0 Å². The van der Waals surface area contributed by atoms with Gasteiger partial charge in [-0.2, -0.15) is 0 Å². The van der Waals surface area contributed by atoms with Crippen LogP contribution >= 0.6 is 11.6 Å². The van der Waals surface area contributed by atoms with Crippen LogP contribution in [0.25, 0.3) is 0 Å². The van der Waals surface area contributed by atoms with Crippen molar-refractivity contribution in [2.45, 2.75) is 37.0 Å². The first-order valence-corrected chi connectivity index (χ1v) is 12.6. The average Bonchev–Trinajstić information content (AvgIpc) is 3.52. The molecule has 2 aromatic rings. The molecule has 1 aliphatic carbocycles. The Balaban J connectivity index is 1.17. The fourth-order valence-electron chi connectivity index (χ4n) is 3.85. The number of carbonyl (C=O) groups is 1. The first-order chi connectivity index (χ1) is 14.9. The number of ketones is 1. The maximum absolute atomic E-state index is 12.5. The average molecular weight is 463 g/mol. The van der Waals surface area contributed by atoms with Crippen molar-refractivity contribution in [1.29, 1.82) is 0 Å². The Bertz CT molecular complexity index is 1000. The molecule has 1 heterocycles. The van der Waals surface area contributed by atoms with Crippen molar-refractivity contribution in [2.75, 3.05) is 19.7 Å². The van der Waals surface area contributed by atoms with E-state index in [-0.39, 0.29) is 16.6 Å². The fourth-order valence-corrected chi connectivity index (χ4v) is 5.08. The van der Waals surface area contributed by atoms with E-state index in [4.69, 9.17) is 16.3 Å². The molecule has 0 radical (unpaired) electrons. The fraction of sp³-hybridized carbons (Fsp3) is 0.435. The zero-order chi connectivity index (χ0) is 21.8. The monoisotopic (exact) mass is 462 g/mol. The minimum atomic E-state index is -3.59. The van der Waals surface area contributed by atoms with Crippen LogP contribution in [-0.2, 0) is 10.0 Å². The van der Waals surface area contributed by atoms with Crippen molar-refractivity contribution in [3.8, 4) is 5.75 Å². The maximum atomic E-state index is 12.5. The van der Waals surface area contributed by atoms with Crippen LogP contribution in [0.5, 0.6) is 5.75 Å². The van der Waals surface area contributed by atoms with Gasteiger partial charge in [-0.1, -0.05) is 11.6 Å². The van der Waals surface area contributed by atoms with Crippen molar-refractivity contribution < 1.29 is 17.9 Å². The molecular weight excluding hydrogens is 436 g/mol. The zero-order valence-corrected chi connectivity index (χ0v) is 18.9. The summed E-state index contributed by atoms with van der Waals surface area (Å²) in [6.07, 6.45) is 4.83. The molecule has 166 valence electrons. The third kappa shape index (κ3) is 6.07. The van der Waals surface area contributed by atoms with Gasteiger partial charge < -0.3 is 4.74 Å². The lowest BCUT2D eigenvalue weighted by Crippen LogP contribution is -2.40. The number of nitrogens with zero attached hydrogens (tertiary/aromatic N) is 1. The predicted octanol–water partition coefficient (Wildman–Crippen LogP) is 4.31. The van der Waals surface area contributed by atoms with Gasteiger partial charge in [0.25, 0.3) is 10.0 Å². The molecule has 2 fully saturated rings. The molecule has 1 saturated heterocycles.